The lowest BCUT2D eigenvalue weighted by atomic mass is 9.89. The molecule has 2 N–H and O–H groups in total. The van der Waals surface area contributed by atoms with Crippen LogP contribution in [0.1, 0.15) is 42.7 Å². The number of anilines is 1. The second-order valence-electron chi connectivity index (χ2n) is 6.22. The van der Waals surface area contributed by atoms with E-state index in [-0.39, 0.29) is 6.03 Å². The Kier molecular flexibility index (Phi) is 4.75. The molecule has 1 saturated carbocycles. The fourth-order valence-electron chi connectivity index (χ4n) is 3.15. The molecule has 1 aromatic heterocycles. The zero-order valence-electron chi connectivity index (χ0n) is 12.7. The van der Waals surface area contributed by atoms with Crippen LogP contribution < -0.4 is 10.6 Å². The largest absolute Gasteiger partial charge is 0.338 e. The van der Waals surface area contributed by atoms with E-state index in [4.69, 9.17) is 0 Å². The Balaban J connectivity index is 1.48. The van der Waals surface area contributed by atoms with Crippen LogP contribution in [0.3, 0.4) is 0 Å². The highest BCUT2D eigenvalue weighted by molar-refractivity contribution is 7.15. The number of carbonyl (C=O) groups is 1. The van der Waals surface area contributed by atoms with Gasteiger partial charge in [-0.05, 0) is 25.8 Å². The van der Waals surface area contributed by atoms with E-state index in [0.29, 0.717) is 5.92 Å². The first-order chi connectivity index (χ1) is 10.2. The monoisotopic (exact) mass is 308 g/mol. The van der Waals surface area contributed by atoms with Gasteiger partial charge in [0.2, 0.25) is 0 Å². The van der Waals surface area contributed by atoms with E-state index >= 15 is 0 Å². The topological polar surface area (TPSA) is 57.3 Å². The fourth-order valence-corrected chi connectivity index (χ4v) is 4.23. The first-order valence-corrected chi connectivity index (χ1v) is 8.74. The molecule has 0 unspecified atom stereocenters. The molecule has 2 amide bonds. The predicted molar refractivity (Wildman–Crippen MR) is 85.7 cm³/mol. The molecule has 0 aromatic carbocycles. The van der Waals surface area contributed by atoms with E-state index in [1.165, 1.54) is 37.0 Å². The van der Waals surface area contributed by atoms with Gasteiger partial charge >= 0.3 is 6.03 Å². The average molecular weight is 308 g/mol. The van der Waals surface area contributed by atoms with Crippen LogP contribution >= 0.6 is 11.3 Å². The zero-order valence-corrected chi connectivity index (χ0v) is 13.5. The van der Waals surface area contributed by atoms with Gasteiger partial charge in [0.05, 0.1) is 5.69 Å². The number of nitrogens with one attached hydrogen (secondary N) is 2. The van der Waals surface area contributed by atoms with Crippen LogP contribution in [0.25, 0.3) is 0 Å². The SMILES string of the molecule is CN1CCc2nc(NC(=O)NCC3CCCCC3)sc2C1. The number of carbonyl (C=O) groups excluding carboxylic acids is 1. The summed E-state index contributed by atoms with van der Waals surface area (Å²) in [5.41, 5.74) is 1.15. The minimum Gasteiger partial charge on any atom is -0.338 e. The number of nitrogens with zero attached hydrogens (tertiary/aromatic N) is 2. The van der Waals surface area contributed by atoms with Gasteiger partial charge in [-0.25, -0.2) is 9.78 Å². The molecule has 0 spiro atoms. The molecule has 0 saturated heterocycles. The smallest absolute Gasteiger partial charge is 0.321 e. The number of amides is 2. The Labute approximate surface area is 130 Å². The van der Waals surface area contributed by atoms with E-state index in [9.17, 15) is 4.79 Å². The molecule has 21 heavy (non-hydrogen) atoms. The third-order valence-electron chi connectivity index (χ3n) is 4.42. The molecule has 6 heteroatoms. The van der Waals surface area contributed by atoms with Crippen LogP contribution in [-0.4, -0.2) is 36.1 Å². The molecule has 116 valence electrons. The van der Waals surface area contributed by atoms with Crippen molar-refractivity contribution in [1.29, 1.82) is 0 Å². The summed E-state index contributed by atoms with van der Waals surface area (Å²) in [6.07, 6.45) is 7.44. The minimum atomic E-state index is -0.111. The molecule has 2 aliphatic rings. The summed E-state index contributed by atoms with van der Waals surface area (Å²) in [4.78, 5) is 20.1. The number of aromatic nitrogens is 1. The molecule has 0 bridgehead atoms. The van der Waals surface area contributed by atoms with E-state index < -0.39 is 0 Å². The standard InChI is InChI=1S/C15H24N4OS/c1-19-8-7-12-13(10-19)21-15(17-12)18-14(20)16-9-11-5-3-2-4-6-11/h11H,2-10H2,1H3,(H2,16,17,18,20). The highest BCUT2D eigenvalue weighted by Crippen LogP contribution is 2.27. The fraction of sp³-hybridized carbons (Fsp3) is 0.733. The Morgan fingerprint density at radius 1 is 1.38 bits per heavy atom. The van der Waals surface area contributed by atoms with E-state index in [1.807, 2.05) is 0 Å². The molecule has 5 nitrogen and oxygen atoms in total. The van der Waals surface area contributed by atoms with Gasteiger partial charge in [-0.3, -0.25) is 5.32 Å². The number of hydrogen-bond donors (Lipinski definition) is 2. The lowest BCUT2D eigenvalue weighted by Crippen LogP contribution is -2.33. The van der Waals surface area contributed by atoms with Crippen LogP contribution in [0.4, 0.5) is 9.93 Å². The van der Waals surface area contributed by atoms with Gasteiger partial charge in [-0.2, -0.15) is 0 Å². The number of urea groups is 1. The number of fused-ring (bicyclic) bond motifs is 1. The average Bonchev–Trinajstić information content (AvgIpc) is 2.87. The molecule has 0 atom stereocenters. The van der Waals surface area contributed by atoms with Gasteiger partial charge < -0.3 is 10.2 Å². The summed E-state index contributed by atoms with van der Waals surface area (Å²) >= 11 is 1.60. The summed E-state index contributed by atoms with van der Waals surface area (Å²) < 4.78 is 0. The van der Waals surface area contributed by atoms with Crippen molar-refractivity contribution >= 4 is 22.5 Å². The van der Waals surface area contributed by atoms with E-state index in [1.54, 1.807) is 11.3 Å². The van der Waals surface area contributed by atoms with Crippen LogP contribution in [0.15, 0.2) is 0 Å². The van der Waals surface area contributed by atoms with Crippen molar-refractivity contribution < 1.29 is 4.79 Å². The first-order valence-electron chi connectivity index (χ1n) is 7.92. The van der Waals surface area contributed by atoms with E-state index in [0.717, 1.165) is 36.9 Å². The van der Waals surface area contributed by atoms with Crippen molar-refractivity contribution in [2.75, 3.05) is 25.5 Å². The van der Waals surface area contributed by atoms with Crippen molar-refractivity contribution in [3.8, 4) is 0 Å². The second-order valence-corrected chi connectivity index (χ2v) is 7.30. The third kappa shape index (κ3) is 3.95. The maximum absolute atomic E-state index is 12.0. The molecule has 1 aromatic rings. The van der Waals surface area contributed by atoms with Crippen LogP contribution in [-0.2, 0) is 13.0 Å². The third-order valence-corrected chi connectivity index (χ3v) is 5.42. The zero-order chi connectivity index (χ0) is 14.7. The second kappa shape index (κ2) is 6.75. The Morgan fingerprint density at radius 2 is 2.19 bits per heavy atom. The summed E-state index contributed by atoms with van der Waals surface area (Å²) in [6.45, 7) is 2.78. The van der Waals surface area contributed by atoms with Crippen molar-refractivity contribution in [2.45, 2.75) is 45.1 Å². The number of hydrogen-bond acceptors (Lipinski definition) is 4. The number of rotatable bonds is 3. The lowest BCUT2D eigenvalue weighted by molar-refractivity contribution is 0.247. The Morgan fingerprint density at radius 3 is 3.00 bits per heavy atom. The molecule has 3 rings (SSSR count). The molecule has 1 aliphatic carbocycles. The Hall–Kier alpha value is -1.14. The quantitative estimate of drug-likeness (QED) is 0.903. The van der Waals surface area contributed by atoms with Crippen LogP contribution in [0.2, 0.25) is 0 Å². The first kappa shape index (κ1) is 14.8. The summed E-state index contributed by atoms with van der Waals surface area (Å²) in [7, 11) is 2.12. The van der Waals surface area contributed by atoms with Crippen molar-refractivity contribution in [1.82, 2.24) is 15.2 Å². The van der Waals surface area contributed by atoms with Gasteiger partial charge in [0.1, 0.15) is 0 Å². The molecular formula is C15H24N4OS. The summed E-state index contributed by atoms with van der Waals surface area (Å²) in [5, 5.41) is 6.62. The number of likely N-dealkylation sites (N-methyl/N-ethyl adjacent to an activating group) is 1. The normalized spacial score (nSPS) is 20.0. The van der Waals surface area contributed by atoms with Crippen molar-refractivity contribution in [3.05, 3.63) is 10.6 Å². The number of thiazole rings is 1. The van der Waals surface area contributed by atoms with Gasteiger partial charge in [0, 0.05) is 30.9 Å². The maximum atomic E-state index is 12.0. The molecule has 1 fully saturated rings. The van der Waals surface area contributed by atoms with Crippen molar-refractivity contribution in [3.63, 3.8) is 0 Å². The molecule has 0 radical (unpaired) electrons. The highest BCUT2D eigenvalue weighted by Gasteiger charge is 2.19. The van der Waals surface area contributed by atoms with E-state index in [2.05, 4.69) is 27.6 Å². The predicted octanol–water partition coefficient (Wildman–Crippen LogP) is 2.83. The van der Waals surface area contributed by atoms with Crippen LogP contribution in [0.5, 0.6) is 0 Å². The van der Waals surface area contributed by atoms with Gasteiger partial charge in [-0.15, -0.1) is 11.3 Å². The van der Waals surface area contributed by atoms with Gasteiger partial charge in [0.25, 0.3) is 0 Å². The lowest BCUT2D eigenvalue weighted by Gasteiger charge is -2.21. The molecule has 1 aliphatic heterocycles. The Bertz CT molecular complexity index is 496. The van der Waals surface area contributed by atoms with Crippen LogP contribution in [0, 0.1) is 5.92 Å². The van der Waals surface area contributed by atoms with Gasteiger partial charge in [0.15, 0.2) is 5.13 Å². The summed E-state index contributed by atoms with van der Waals surface area (Å²) in [5.74, 6) is 0.655. The van der Waals surface area contributed by atoms with Gasteiger partial charge in [-0.1, -0.05) is 19.3 Å². The van der Waals surface area contributed by atoms with Crippen molar-refractivity contribution in [2.24, 2.45) is 5.92 Å². The minimum absolute atomic E-state index is 0.111. The summed E-state index contributed by atoms with van der Waals surface area (Å²) in [6, 6.07) is -0.111. The maximum Gasteiger partial charge on any atom is 0.321 e. The highest BCUT2D eigenvalue weighted by atomic mass is 32.1. The molecule has 2 heterocycles. The molecular weight excluding hydrogens is 284 g/mol.